The molecule has 0 bridgehead atoms. The van der Waals surface area contributed by atoms with E-state index in [-0.39, 0.29) is 0 Å². The second-order valence-electron chi connectivity index (χ2n) is 6.29. The molecule has 1 heterocycles. The Morgan fingerprint density at radius 3 is 2.60 bits per heavy atom. The van der Waals surface area contributed by atoms with Crippen molar-refractivity contribution >= 4 is 5.82 Å². The van der Waals surface area contributed by atoms with Gasteiger partial charge >= 0.3 is 0 Å². The predicted octanol–water partition coefficient (Wildman–Crippen LogP) is 3.60. The van der Waals surface area contributed by atoms with Crippen LogP contribution in [0.25, 0.3) is 0 Å². The second-order valence-corrected chi connectivity index (χ2v) is 6.29. The van der Waals surface area contributed by atoms with E-state index in [0.717, 1.165) is 25.5 Å². The van der Waals surface area contributed by atoms with Crippen LogP contribution in [-0.4, -0.2) is 24.1 Å². The largest absolute Gasteiger partial charge is 0.353 e. The van der Waals surface area contributed by atoms with Crippen molar-refractivity contribution in [1.29, 1.82) is 0 Å². The molecule has 1 saturated carbocycles. The molecule has 112 valence electrons. The van der Waals surface area contributed by atoms with Crippen molar-refractivity contribution in [3.8, 4) is 0 Å². The van der Waals surface area contributed by atoms with E-state index in [4.69, 9.17) is 4.98 Å². The van der Waals surface area contributed by atoms with Crippen molar-refractivity contribution in [2.45, 2.75) is 59.0 Å². The molecule has 2 rings (SSSR count). The van der Waals surface area contributed by atoms with Crippen LogP contribution in [0, 0.1) is 5.92 Å². The first kappa shape index (κ1) is 15.3. The van der Waals surface area contributed by atoms with Crippen LogP contribution in [-0.2, 0) is 6.54 Å². The molecule has 1 aromatic heterocycles. The van der Waals surface area contributed by atoms with Gasteiger partial charge in [-0.05, 0) is 36.9 Å². The van der Waals surface area contributed by atoms with Gasteiger partial charge in [-0.15, -0.1) is 0 Å². The minimum atomic E-state index is 0.679. The van der Waals surface area contributed by atoms with Crippen LogP contribution in [0.4, 0.5) is 5.82 Å². The Labute approximate surface area is 123 Å². The summed E-state index contributed by atoms with van der Waals surface area (Å²) in [6, 6.07) is 5.12. The zero-order chi connectivity index (χ0) is 14.4. The summed E-state index contributed by atoms with van der Waals surface area (Å²) in [7, 11) is 0. The van der Waals surface area contributed by atoms with Gasteiger partial charge < -0.3 is 10.2 Å². The molecule has 0 radical (unpaired) electrons. The molecule has 0 saturated heterocycles. The lowest BCUT2D eigenvalue weighted by atomic mass is 10.1. The molecule has 1 aromatic rings. The van der Waals surface area contributed by atoms with Crippen LogP contribution >= 0.6 is 0 Å². The molecule has 0 unspecified atom stereocenters. The van der Waals surface area contributed by atoms with Crippen LogP contribution in [0.2, 0.25) is 0 Å². The fraction of sp³-hybridized carbons (Fsp3) is 0.706. The highest BCUT2D eigenvalue weighted by molar-refractivity contribution is 5.41. The first-order chi connectivity index (χ1) is 9.70. The smallest absolute Gasteiger partial charge is 0.128 e. The number of pyridine rings is 1. The third-order valence-electron chi connectivity index (χ3n) is 4.01. The van der Waals surface area contributed by atoms with Gasteiger partial charge in [0.05, 0.1) is 0 Å². The summed E-state index contributed by atoms with van der Waals surface area (Å²) in [4.78, 5) is 7.25. The summed E-state index contributed by atoms with van der Waals surface area (Å²) in [5.41, 5.74) is 1.27. The van der Waals surface area contributed by atoms with Crippen molar-refractivity contribution in [1.82, 2.24) is 10.3 Å². The lowest BCUT2D eigenvalue weighted by molar-refractivity contribution is 0.531. The molecule has 1 aliphatic carbocycles. The Kier molecular flexibility index (Phi) is 5.84. The molecule has 3 nitrogen and oxygen atoms in total. The van der Waals surface area contributed by atoms with Gasteiger partial charge in [-0.1, -0.05) is 39.7 Å². The van der Waals surface area contributed by atoms with Crippen molar-refractivity contribution < 1.29 is 0 Å². The van der Waals surface area contributed by atoms with E-state index in [1.54, 1.807) is 0 Å². The molecule has 20 heavy (non-hydrogen) atoms. The van der Waals surface area contributed by atoms with E-state index in [9.17, 15) is 0 Å². The SMILES string of the molecule is CCNCc1ccc(N(CC(C)C)C2CCCC2)nc1. The lowest BCUT2D eigenvalue weighted by Crippen LogP contribution is -2.36. The molecular formula is C17H29N3. The quantitative estimate of drug-likeness (QED) is 0.824. The third kappa shape index (κ3) is 4.20. The maximum absolute atomic E-state index is 4.72. The van der Waals surface area contributed by atoms with E-state index in [2.05, 4.69) is 43.1 Å². The van der Waals surface area contributed by atoms with Gasteiger partial charge in [-0.3, -0.25) is 0 Å². The minimum Gasteiger partial charge on any atom is -0.353 e. The van der Waals surface area contributed by atoms with Crippen molar-refractivity contribution in [2.75, 3.05) is 18.0 Å². The molecule has 0 aliphatic heterocycles. The van der Waals surface area contributed by atoms with Crippen molar-refractivity contribution in [3.63, 3.8) is 0 Å². The molecule has 1 N–H and O–H groups in total. The first-order valence-corrected chi connectivity index (χ1v) is 8.13. The minimum absolute atomic E-state index is 0.679. The maximum Gasteiger partial charge on any atom is 0.128 e. The molecule has 1 aliphatic rings. The summed E-state index contributed by atoms with van der Waals surface area (Å²) >= 11 is 0. The number of hydrogen-bond donors (Lipinski definition) is 1. The fourth-order valence-corrected chi connectivity index (χ4v) is 3.00. The highest BCUT2D eigenvalue weighted by Gasteiger charge is 2.24. The van der Waals surface area contributed by atoms with Gasteiger partial charge in [0.2, 0.25) is 0 Å². The van der Waals surface area contributed by atoms with Crippen LogP contribution in [0.15, 0.2) is 18.3 Å². The number of rotatable bonds is 7. The highest BCUT2D eigenvalue weighted by Crippen LogP contribution is 2.28. The normalized spacial score (nSPS) is 16.0. The zero-order valence-electron chi connectivity index (χ0n) is 13.2. The van der Waals surface area contributed by atoms with Crippen LogP contribution in [0.3, 0.4) is 0 Å². The van der Waals surface area contributed by atoms with E-state index < -0.39 is 0 Å². The monoisotopic (exact) mass is 275 g/mol. The molecule has 0 amide bonds. The molecule has 3 heteroatoms. The standard InChI is InChI=1S/C17H29N3/c1-4-18-11-15-9-10-17(19-12-15)20(13-14(2)3)16-7-5-6-8-16/h9-10,12,14,16,18H,4-8,11,13H2,1-3H3. The maximum atomic E-state index is 4.72. The Morgan fingerprint density at radius 2 is 2.05 bits per heavy atom. The first-order valence-electron chi connectivity index (χ1n) is 8.13. The van der Waals surface area contributed by atoms with Gasteiger partial charge in [-0.2, -0.15) is 0 Å². The van der Waals surface area contributed by atoms with E-state index >= 15 is 0 Å². The number of hydrogen-bond acceptors (Lipinski definition) is 3. The van der Waals surface area contributed by atoms with Crippen LogP contribution < -0.4 is 10.2 Å². The van der Waals surface area contributed by atoms with Crippen molar-refractivity contribution in [3.05, 3.63) is 23.9 Å². The van der Waals surface area contributed by atoms with Gasteiger partial charge in [0, 0.05) is 25.3 Å². The van der Waals surface area contributed by atoms with Gasteiger partial charge in [0.25, 0.3) is 0 Å². The number of nitrogens with zero attached hydrogens (tertiary/aromatic N) is 2. The topological polar surface area (TPSA) is 28.2 Å². The van der Waals surface area contributed by atoms with Crippen LogP contribution in [0.5, 0.6) is 0 Å². The van der Waals surface area contributed by atoms with E-state index in [1.807, 2.05) is 6.20 Å². The molecule has 1 fully saturated rings. The lowest BCUT2D eigenvalue weighted by Gasteiger charge is -2.31. The molecule has 0 aromatic carbocycles. The highest BCUT2D eigenvalue weighted by atomic mass is 15.2. The number of nitrogens with one attached hydrogen (secondary N) is 1. The molecular weight excluding hydrogens is 246 g/mol. The van der Waals surface area contributed by atoms with Gasteiger partial charge in [0.15, 0.2) is 0 Å². The van der Waals surface area contributed by atoms with Gasteiger partial charge in [0.1, 0.15) is 5.82 Å². The second kappa shape index (κ2) is 7.63. The third-order valence-corrected chi connectivity index (χ3v) is 4.01. The molecule has 0 atom stereocenters. The number of aromatic nitrogens is 1. The average molecular weight is 275 g/mol. The Hall–Kier alpha value is -1.09. The Balaban J connectivity index is 2.07. The van der Waals surface area contributed by atoms with Crippen molar-refractivity contribution in [2.24, 2.45) is 5.92 Å². The van der Waals surface area contributed by atoms with E-state index in [1.165, 1.54) is 31.2 Å². The summed E-state index contributed by atoms with van der Waals surface area (Å²) in [5, 5.41) is 3.35. The molecule has 0 spiro atoms. The van der Waals surface area contributed by atoms with Gasteiger partial charge in [-0.25, -0.2) is 4.98 Å². The summed E-state index contributed by atoms with van der Waals surface area (Å²) in [6.45, 7) is 9.75. The summed E-state index contributed by atoms with van der Waals surface area (Å²) < 4.78 is 0. The Morgan fingerprint density at radius 1 is 1.30 bits per heavy atom. The Bertz CT molecular complexity index is 380. The fourth-order valence-electron chi connectivity index (χ4n) is 3.00. The average Bonchev–Trinajstić information content (AvgIpc) is 2.97. The predicted molar refractivity (Wildman–Crippen MR) is 86.1 cm³/mol. The van der Waals surface area contributed by atoms with E-state index in [0.29, 0.717) is 12.0 Å². The number of anilines is 1. The summed E-state index contributed by atoms with van der Waals surface area (Å²) in [5.74, 6) is 1.84. The summed E-state index contributed by atoms with van der Waals surface area (Å²) in [6.07, 6.45) is 7.43. The zero-order valence-corrected chi connectivity index (χ0v) is 13.2. The van der Waals surface area contributed by atoms with Crippen LogP contribution in [0.1, 0.15) is 52.0 Å².